The predicted molar refractivity (Wildman–Crippen MR) is 127 cm³/mol. The smallest absolute Gasteiger partial charge is 0.277 e. The number of ether oxygens (including phenoxy) is 1. The van der Waals surface area contributed by atoms with Crippen LogP contribution in [-0.2, 0) is 0 Å². The highest BCUT2D eigenvalue weighted by Gasteiger charge is 2.41. The van der Waals surface area contributed by atoms with Crippen LogP contribution in [0.1, 0.15) is 43.4 Å². The Hall–Kier alpha value is -3.27. The molecule has 3 aromatic heterocycles. The van der Waals surface area contributed by atoms with Gasteiger partial charge in [0.05, 0.1) is 31.4 Å². The molecule has 3 aromatic rings. The van der Waals surface area contributed by atoms with Crippen LogP contribution in [0.15, 0.2) is 24.8 Å². The lowest BCUT2D eigenvalue weighted by molar-refractivity contribution is 0.0391. The SMILES string of the molecule is COc1nc(NC(=O)c2cnc(N(C)C3CCN(C)C(C)(C)C3C)cn2)cn2cc(C)nc12. The third-order valence-electron chi connectivity index (χ3n) is 7.13. The number of hydrogen-bond donors (Lipinski definition) is 1. The van der Waals surface area contributed by atoms with Crippen molar-refractivity contribution >= 4 is 23.2 Å². The number of fused-ring (bicyclic) bond motifs is 1. The van der Waals surface area contributed by atoms with E-state index in [2.05, 4.69) is 62.9 Å². The van der Waals surface area contributed by atoms with Crippen LogP contribution in [0.25, 0.3) is 5.65 Å². The lowest BCUT2D eigenvalue weighted by atomic mass is 9.77. The Morgan fingerprint density at radius 1 is 1.24 bits per heavy atom. The van der Waals surface area contributed by atoms with Crippen molar-refractivity contribution in [3.8, 4) is 5.88 Å². The van der Waals surface area contributed by atoms with Gasteiger partial charge in [0.15, 0.2) is 5.82 Å². The summed E-state index contributed by atoms with van der Waals surface area (Å²) in [6.07, 6.45) is 7.73. The summed E-state index contributed by atoms with van der Waals surface area (Å²) in [7, 11) is 5.74. The van der Waals surface area contributed by atoms with Gasteiger partial charge in [0, 0.05) is 31.4 Å². The van der Waals surface area contributed by atoms with Crippen LogP contribution < -0.4 is 15.0 Å². The summed E-state index contributed by atoms with van der Waals surface area (Å²) in [6, 6.07) is 0.340. The molecule has 0 aliphatic carbocycles. The molecule has 4 rings (SSSR count). The van der Waals surface area contributed by atoms with Gasteiger partial charge in [-0.05, 0) is 40.2 Å². The van der Waals surface area contributed by atoms with Crippen molar-refractivity contribution in [3.63, 3.8) is 0 Å². The van der Waals surface area contributed by atoms with Crippen LogP contribution in [-0.4, -0.2) is 74.5 Å². The van der Waals surface area contributed by atoms with Crippen molar-refractivity contribution in [1.29, 1.82) is 0 Å². The molecule has 0 radical (unpaired) electrons. The minimum absolute atomic E-state index is 0.0906. The van der Waals surface area contributed by atoms with Gasteiger partial charge in [-0.2, -0.15) is 4.98 Å². The van der Waals surface area contributed by atoms with Crippen LogP contribution in [0, 0.1) is 12.8 Å². The van der Waals surface area contributed by atoms with Gasteiger partial charge in [-0.1, -0.05) is 6.92 Å². The Kier molecular flexibility index (Phi) is 5.96. The molecule has 33 heavy (non-hydrogen) atoms. The highest BCUT2D eigenvalue weighted by molar-refractivity contribution is 6.02. The molecule has 1 aliphatic heterocycles. The minimum atomic E-state index is -0.392. The van der Waals surface area contributed by atoms with E-state index in [1.54, 1.807) is 16.8 Å². The first-order valence-electron chi connectivity index (χ1n) is 11.1. The van der Waals surface area contributed by atoms with Gasteiger partial charge in [-0.3, -0.25) is 9.20 Å². The van der Waals surface area contributed by atoms with E-state index in [9.17, 15) is 4.79 Å². The zero-order chi connectivity index (χ0) is 23.9. The highest BCUT2D eigenvalue weighted by atomic mass is 16.5. The van der Waals surface area contributed by atoms with Gasteiger partial charge in [0.2, 0.25) is 5.65 Å². The molecule has 0 spiro atoms. The predicted octanol–water partition coefficient (Wildman–Crippen LogP) is 2.64. The van der Waals surface area contributed by atoms with E-state index in [-0.39, 0.29) is 11.2 Å². The second-order valence-electron chi connectivity index (χ2n) is 9.29. The first-order chi connectivity index (χ1) is 15.6. The van der Waals surface area contributed by atoms with Gasteiger partial charge in [-0.25, -0.2) is 15.0 Å². The lowest BCUT2D eigenvalue weighted by Gasteiger charge is -2.51. The average Bonchev–Trinajstić information content (AvgIpc) is 3.17. The van der Waals surface area contributed by atoms with E-state index in [1.807, 2.05) is 20.2 Å². The number of anilines is 2. The molecule has 0 bridgehead atoms. The van der Waals surface area contributed by atoms with Crippen LogP contribution >= 0.6 is 0 Å². The molecule has 0 saturated carbocycles. The third kappa shape index (κ3) is 4.22. The van der Waals surface area contributed by atoms with E-state index in [0.717, 1.165) is 24.5 Å². The van der Waals surface area contributed by atoms with Crippen LogP contribution in [0.3, 0.4) is 0 Å². The molecule has 4 heterocycles. The monoisotopic (exact) mass is 452 g/mol. The lowest BCUT2D eigenvalue weighted by Crippen LogP contribution is -2.59. The fraction of sp³-hybridized carbons (Fsp3) is 0.522. The normalized spacial score (nSPS) is 20.6. The van der Waals surface area contributed by atoms with Crippen molar-refractivity contribution in [2.45, 2.75) is 45.7 Å². The molecular weight excluding hydrogens is 420 g/mol. The summed E-state index contributed by atoms with van der Waals surface area (Å²) in [5, 5.41) is 2.77. The number of rotatable bonds is 5. The first-order valence-corrected chi connectivity index (χ1v) is 11.1. The Balaban J connectivity index is 1.49. The maximum atomic E-state index is 12.8. The van der Waals surface area contributed by atoms with Crippen molar-refractivity contribution in [3.05, 3.63) is 36.2 Å². The van der Waals surface area contributed by atoms with Gasteiger partial charge < -0.3 is 19.9 Å². The van der Waals surface area contributed by atoms with Gasteiger partial charge in [0.1, 0.15) is 11.5 Å². The molecule has 1 fully saturated rings. The van der Waals surface area contributed by atoms with E-state index < -0.39 is 5.91 Å². The van der Waals surface area contributed by atoms with E-state index >= 15 is 0 Å². The average molecular weight is 453 g/mol. The minimum Gasteiger partial charge on any atom is -0.478 e. The number of nitrogens with one attached hydrogen (secondary N) is 1. The quantitative estimate of drug-likeness (QED) is 0.631. The molecule has 1 N–H and O–H groups in total. The number of imidazole rings is 1. The van der Waals surface area contributed by atoms with Crippen molar-refractivity contribution in [2.24, 2.45) is 5.92 Å². The van der Waals surface area contributed by atoms with Gasteiger partial charge >= 0.3 is 0 Å². The topological polar surface area (TPSA) is 101 Å². The van der Waals surface area contributed by atoms with E-state index in [0.29, 0.717) is 29.3 Å². The number of aryl methyl sites for hydroxylation is 1. The number of piperidine rings is 1. The number of likely N-dealkylation sites (tertiary alicyclic amines) is 1. The first kappa shape index (κ1) is 22.9. The van der Waals surface area contributed by atoms with Crippen molar-refractivity contribution in [2.75, 3.05) is 38.0 Å². The van der Waals surface area contributed by atoms with Crippen LogP contribution in [0.2, 0.25) is 0 Å². The van der Waals surface area contributed by atoms with E-state index in [1.165, 1.54) is 13.3 Å². The zero-order valence-corrected chi connectivity index (χ0v) is 20.3. The summed E-state index contributed by atoms with van der Waals surface area (Å²) in [5.74, 6) is 1.47. The van der Waals surface area contributed by atoms with E-state index in [4.69, 9.17) is 4.74 Å². The van der Waals surface area contributed by atoms with Gasteiger partial charge in [0.25, 0.3) is 11.8 Å². The molecule has 2 unspecified atom stereocenters. The molecule has 10 nitrogen and oxygen atoms in total. The second-order valence-corrected chi connectivity index (χ2v) is 9.29. The van der Waals surface area contributed by atoms with Crippen LogP contribution in [0.4, 0.5) is 11.6 Å². The van der Waals surface area contributed by atoms with Gasteiger partial charge in [-0.15, -0.1) is 0 Å². The number of aromatic nitrogens is 5. The standard InChI is InChI=1S/C23H32N8O2/c1-14-12-31-13-18(28-22(33-7)20(31)26-14)27-21(32)16-10-25-19(11-24-16)30(6)17-8-9-29(5)23(3,4)15(17)2/h10-13,15,17H,8-9H2,1-7H3,(H,27,32). The zero-order valence-electron chi connectivity index (χ0n) is 20.3. The maximum absolute atomic E-state index is 12.8. The second kappa shape index (κ2) is 8.58. The molecule has 10 heteroatoms. The molecule has 1 aliphatic rings. The van der Waals surface area contributed by atoms with Crippen molar-refractivity contribution < 1.29 is 9.53 Å². The van der Waals surface area contributed by atoms with Crippen molar-refractivity contribution in [1.82, 2.24) is 29.2 Å². The molecular formula is C23H32N8O2. The summed E-state index contributed by atoms with van der Waals surface area (Å²) in [5.41, 5.74) is 1.72. The summed E-state index contributed by atoms with van der Waals surface area (Å²) >= 11 is 0. The largest absolute Gasteiger partial charge is 0.478 e. The Morgan fingerprint density at radius 3 is 2.67 bits per heavy atom. The number of nitrogens with zero attached hydrogens (tertiary/aromatic N) is 7. The Labute approximate surface area is 194 Å². The molecule has 1 amide bonds. The number of hydrogen-bond acceptors (Lipinski definition) is 8. The maximum Gasteiger partial charge on any atom is 0.277 e. The Bertz CT molecular complexity index is 1160. The number of methoxy groups -OCH3 is 1. The molecule has 2 atom stereocenters. The molecule has 1 saturated heterocycles. The summed E-state index contributed by atoms with van der Waals surface area (Å²) in [4.78, 5) is 35.0. The number of carbonyl (C=O) groups excluding carboxylic acids is 1. The fourth-order valence-electron chi connectivity index (χ4n) is 4.47. The van der Waals surface area contributed by atoms with Crippen LogP contribution in [0.5, 0.6) is 5.88 Å². The highest BCUT2D eigenvalue weighted by Crippen LogP contribution is 2.35. The third-order valence-corrected chi connectivity index (χ3v) is 7.13. The molecule has 0 aromatic carbocycles. The number of amides is 1. The fourth-order valence-corrected chi connectivity index (χ4v) is 4.47. The molecule has 176 valence electrons. The summed E-state index contributed by atoms with van der Waals surface area (Å²) in [6.45, 7) is 9.75. The Morgan fingerprint density at radius 2 is 2.00 bits per heavy atom. The summed E-state index contributed by atoms with van der Waals surface area (Å²) < 4.78 is 7.08. The number of carbonyl (C=O) groups is 1.